The van der Waals surface area contributed by atoms with Gasteiger partial charge in [-0.05, 0) is 25.1 Å². The third-order valence-electron chi connectivity index (χ3n) is 3.93. The molecule has 0 unspecified atom stereocenters. The van der Waals surface area contributed by atoms with Crippen molar-refractivity contribution in [1.29, 1.82) is 0 Å². The number of thiocarbonyl (C=S) groups is 1. The van der Waals surface area contributed by atoms with Gasteiger partial charge in [-0.2, -0.15) is 0 Å². The summed E-state index contributed by atoms with van der Waals surface area (Å²) in [4.78, 5) is 19.6. The van der Waals surface area contributed by atoms with E-state index in [0.717, 1.165) is 27.5 Å². The molecule has 26 heavy (non-hydrogen) atoms. The van der Waals surface area contributed by atoms with Gasteiger partial charge < -0.3 is 0 Å². The van der Waals surface area contributed by atoms with E-state index in [0.29, 0.717) is 9.23 Å². The molecule has 4 rings (SSSR count). The first-order chi connectivity index (χ1) is 12.6. The molecule has 128 valence electrons. The minimum atomic E-state index is -0.0969. The largest absolute Gasteiger partial charge is 0.270 e. The first kappa shape index (κ1) is 17.1. The highest BCUT2D eigenvalue weighted by molar-refractivity contribution is 8.27. The fraction of sp³-hybridized carbons (Fsp3) is 0.0500. The molecule has 0 atom stereocenters. The van der Waals surface area contributed by atoms with Gasteiger partial charge in [0.15, 0.2) is 4.32 Å². The Kier molecular flexibility index (Phi) is 4.72. The number of rotatable bonds is 3. The van der Waals surface area contributed by atoms with Crippen LogP contribution in [0.25, 0.3) is 17.3 Å². The van der Waals surface area contributed by atoms with Crippen molar-refractivity contribution in [3.05, 3.63) is 75.5 Å². The maximum Gasteiger partial charge on any atom is 0.270 e. The summed E-state index contributed by atoms with van der Waals surface area (Å²) in [6.07, 6.45) is 1.82. The highest BCUT2D eigenvalue weighted by atomic mass is 32.2. The third kappa shape index (κ3) is 3.35. The lowest BCUT2D eigenvalue weighted by Crippen LogP contribution is -2.27. The van der Waals surface area contributed by atoms with Gasteiger partial charge in [0.1, 0.15) is 5.01 Å². The Morgan fingerprint density at radius 2 is 1.81 bits per heavy atom. The Morgan fingerprint density at radius 3 is 2.54 bits per heavy atom. The van der Waals surface area contributed by atoms with Crippen LogP contribution in [0.3, 0.4) is 0 Å². The maximum absolute atomic E-state index is 12.8. The van der Waals surface area contributed by atoms with E-state index in [1.165, 1.54) is 23.1 Å². The molecule has 2 heterocycles. The monoisotopic (exact) mass is 394 g/mol. The number of aromatic nitrogens is 1. The molecule has 1 aromatic heterocycles. The van der Waals surface area contributed by atoms with Crippen molar-refractivity contribution in [3.8, 4) is 11.3 Å². The van der Waals surface area contributed by atoms with Crippen molar-refractivity contribution < 1.29 is 4.79 Å². The van der Waals surface area contributed by atoms with Gasteiger partial charge in [-0.25, -0.2) is 4.98 Å². The van der Waals surface area contributed by atoms with E-state index in [2.05, 4.69) is 4.98 Å². The molecular formula is C20H14N2OS3. The molecule has 1 aliphatic rings. The second-order valence-corrected chi connectivity index (χ2v) is 8.36. The van der Waals surface area contributed by atoms with Gasteiger partial charge in [0.25, 0.3) is 5.91 Å². The highest BCUT2D eigenvalue weighted by Crippen LogP contribution is 2.36. The molecule has 0 aliphatic carbocycles. The Hall–Kier alpha value is -2.28. The number of thioether (sulfide) groups is 1. The minimum absolute atomic E-state index is 0.0969. The predicted octanol–water partition coefficient (Wildman–Crippen LogP) is 5.52. The topological polar surface area (TPSA) is 33.2 Å². The first-order valence-corrected chi connectivity index (χ1v) is 10.1. The molecular weight excluding hydrogens is 380 g/mol. The second kappa shape index (κ2) is 7.15. The molecule has 0 radical (unpaired) electrons. The first-order valence-electron chi connectivity index (χ1n) is 7.97. The quantitative estimate of drug-likeness (QED) is 0.432. The van der Waals surface area contributed by atoms with Gasteiger partial charge >= 0.3 is 0 Å². The van der Waals surface area contributed by atoms with Crippen LogP contribution in [0.15, 0.2) is 64.9 Å². The van der Waals surface area contributed by atoms with Crippen molar-refractivity contribution in [2.75, 3.05) is 4.90 Å². The van der Waals surface area contributed by atoms with Gasteiger partial charge in [0, 0.05) is 10.9 Å². The lowest BCUT2D eigenvalue weighted by atomic mass is 10.2. The second-order valence-electron chi connectivity index (χ2n) is 5.79. The zero-order chi connectivity index (χ0) is 18.1. The Bertz CT molecular complexity index is 1010. The molecule has 3 aromatic rings. The Labute approximate surface area is 165 Å². The molecule has 1 fully saturated rings. The molecule has 0 spiro atoms. The van der Waals surface area contributed by atoms with Gasteiger partial charge in [-0.15, -0.1) is 11.3 Å². The van der Waals surface area contributed by atoms with E-state index < -0.39 is 0 Å². The van der Waals surface area contributed by atoms with Crippen LogP contribution in [0.4, 0.5) is 5.69 Å². The van der Waals surface area contributed by atoms with Crippen LogP contribution in [-0.2, 0) is 4.79 Å². The maximum atomic E-state index is 12.8. The number of hydrogen-bond donors (Lipinski definition) is 0. The van der Waals surface area contributed by atoms with Crippen molar-refractivity contribution in [2.45, 2.75) is 6.92 Å². The molecule has 1 amide bonds. The predicted molar refractivity (Wildman–Crippen MR) is 114 cm³/mol. The molecule has 0 saturated carbocycles. The van der Waals surface area contributed by atoms with E-state index in [4.69, 9.17) is 12.2 Å². The lowest BCUT2D eigenvalue weighted by Gasteiger charge is -2.14. The molecule has 2 aromatic carbocycles. The zero-order valence-corrected chi connectivity index (χ0v) is 16.3. The number of carbonyl (C=O) groups excluding carboxylic acids is 1. The van der Waals surface area contributed by atoms with Crippen molar-refractivity contribution in [3.63, 3.8) is 0 Å². The molecule has 6 heteroatoms. The Morgan fingerprint density at radius 1 is 1.08 bits per heavy atom. The fourth-order valence-corrected chi connectivity index (χ4v) is 4.70. The highest BCUT2D eigenvalue weighted by Gasteiger charge is 2.33. The van der Waals surface area contributed by atoms with Gasteiger partial charge in [0.05, 0.1) is 16.3 Å². The smallest absolute Gasteiger partial charge is 0.268 e. The molecule has 1 aliphatic heterocycles. The van der Waals surface area contributed by atoms with Crippen molar-refractivity contribution in [1.82, 2.24) is 4.98 Å². The van der Waals surface area contributed by atoms with E-state index in [9.17, 15) is 4.79 Å². The standard InChI is InChI=1S/C20H14N2OS3/c1-13-7-9-15(10-8-13)22-19(23)17(26-20(22)24)11-18-21-16(12-25-18)14-5-3-2-4-6-14/h2-12H,1H3. The number of aryl methyl sites for hydroxylation is 1. The van der Waals surface area contributed by atoms with Gasteiger partial charge in [-0.1, -0.05) is 72.0 Å². The average Bonchev–Trinajstić information content (AvgIpc) is 3.22. The van der Waals surface area contributed by atoms with E-state index in [1.54, 1.807) is 4.90 Å². The van der Waals surface area contributed by atoms with Crippen LogP contribution in [0.5, 0.6) is 0 Å². The van der Waals surface area contributed by atoms with E-state index in [-0.39, 0.29) is 5.91 Å². The summed E-state index contributed by atoms with van der Waals surface area (Å²) in [5, 5.41) is 2.80. The molecule has 1 saturated heterocycles. The van der Waals surface area contributed by atoms with Crippen LogP contribution in [0, 0.1) is 6.92 Å². The normalized spacial score (nSPS) is 15.9. The van der Waals surface area contributed by atoms with Crippen LogP contribution in [-0.4, -0.2) is 15.2 Å². The summed E-state index contributed by atoms with van der Waals surface area (Å²) in [5.41, 5.74) is 3.92. The van der Waals surface area contributed by atoms with E-state index >= 15 is 0 Å². The summed E-state index contributed by atoms with van der Waals surface area (Å²) < 4.78 is 0.546. The van der Waals surface area contributed by atoms with Crippen molar-refractivity contribution in [2.24, 2.45) is 0 Å². The Balaban J connectivity index is 1.61. The third-order valence-corrected chi connectivity index (χ3v) is 6.03. The summed E-state index contributed by atoms with van der Waals surface area (Å²) in [5.74, 6) is -0.0969. The van der Waals surface area contributed by atoms with Gasteiger partial charge in [0.2, 0.25) is 0 Å². The van der Waals surface area contributed by atoms with Crippen LogP contribution in [0.1, 0.15) is 10.6 Å². The average molecular weight is 395 g/mol. The SMILES string of the molecule is Cc1ccc(N2C(=O)C(=Cc3nc(-c4ccccc4)cs3)SC2=S)cc1. The molecule has 0 bridgehead atoms. The number of anilines is 1. The summed E-state index contributed by atoms with van der Waals surface area (Å²) >= 11 is 8.25. The molecule has 0 N–H and O–H groups in total. The van der Waals surface area contributed by atoms with Crippen molar-refractivity contribution >= 4 is 57.3 Å². The molecule has 3 nitrogen and oxygen atoms in total. The summed E-state index contributed by atoms with van der Waals surface area (Å²) in [6, 6.07) is 17.8. The number of thiazole rings is 1. The zero-order valence-electron chi connectivity index (χ0n) is 13.9. The number of hydrogen-bond acceptors (Lipinski definition) is 5. The lowest BCUT2D eigenvalue weighted by molar-refractivity contribution is -0.113. The number of nitrogens with zero attached hydrogens (tertiary/aromatic N) is 2. The summed E-state index contributed by atoms with van der Waals surface area (Å²) in [6.45, 7) is 2.01. The number of carbonyl (C=O) groups is 1. The van der Waals surface area contributed by atoms with Gasteiger partial charge in [-0.3, -0.25) is 9.69 Å². The minimum Gasteiger partial charge on any atom is -0.268 e. The number of amides is 1. The fourth-order valence-electron chi connectivity index (χ4n) is 2.59. The van der Waals surface area contributed by atoms with Crippen LogP contribution >= 0.6 is 35.3 Å². The van der Waals surface area contributed by atoms with E-state index in [1.807, 2.05) is 73.0 Å². The van der Waals surface area contributed by atoms with Crippen LogP contribution in [0.2, 0.25) is 0 Å². The number of benzene rings is 2. The van der Waals surface area contributed by atoms with Crippen LogP contribution < -0.4 is 4.90 Å². The summed E-state index contributed by atoms with van der Waals surface area (Å²) in [7, 11) is 0.